The molecule has 1 N–H and O–H groups in total. The van der Waals surface area contributed by atoms with Crippen LogP contribution in [0.15, 0.2) is 109 Å². The molecule has 0 aliphatic carbocycles. The van der Waals surface area contributed by atoms with E-state index in [9.17, 15) is 0 Å². The lowest BCUT2D eigenvalue weighted by Gasteiger charge is -2.06. The number of thiophene rings is 1. The van der Waals surface area contributed by atoms with Crippen LogP contribution in [-0.4, -0.2) is 4.98 Å². The van der Waals surface area contributed by atoms with E-state index in [1.807, 2.05) is 11.3 Å². The van der Waals surface area contributed by atoms with E-state index in [-0.39, 0.29) is 0 Å². The lowest BCUT2D eigenvalue weighted by molar-refractivity contribution is 1.54. The van der Waals surface area contributed by atoms with Crippen LogP contribution in [0.5, 0.6) is 0 Å². The zero-order chi connectivity index (χ0) is 21.1. The van der Waals surface area contributed by atoms with Crippen molar-refractivity contribution in [3.63, 3.8) is 0 Å². The molecule has 7 aromatic rings. The lowest BCUT2D eigenvalue weighted by Crippen LogP contribution is -1.81. The van der Waals surface area contributed by atoms with Crippen LogP contribution in [0.1, 0.15) is 0 Å². The van der Waals surface area contributed by atoms with Gasteiger partial charge < -0.3 is 4.98 Å². The molecule has 0 atom stereocenters. The average molecular weight is 426 g/mol. The van der Waals surface area contributed by atoms with E-state index in [4.69, 9.17) is 0 Å². The van der Waals surface area contributed by atoms with Gasteiger partial charge in [-0.05, 0) is 29.3 Å². The van der Waals surface area contributed by atoms with Crippen molar-refractivity contribution in [1.82, 2.24) is 4.98 Å². The second-order valence-electron chi connectivity index (χ2n) is 8.26. The van der Waals surface area contributed by atoms with Crippen molar-refractivity contribution in [2.24, 2.45) is 0 Å². The molecule has 1 nitrogen and oxygen atoms in total. The van der Waals surface area contributed by atoms with Crippen molar-refractivity contribution >= 4 is 53.3 Å². The first-order chi connectivity index (χ1) is 15.9. The highest BCUT2D eigenvalue weighted by Crippen LogP contribution is 2.43. The molecule has 0 fully saturated rings. The number of aromatic nitrogens is 1. The molecule has 0 radical (unpaired) electrons. The summed E-state index contributed by atoms with van der Waals surface area (Å²) in [6, 6.07) is 39.4. The Balaban J connectivity index is 1.51. The monoisotopic (exact) mass is 425 g/mol. The SMILES string of the molecule is c1ccc(-c2ccc3sc4c(-c5cccc6c5[nH]c5ccccc56)cccc4c3c2)cc1. The second-order valence-corrected chi connectivity index (χ2v) is 9.31. The highest BCUT2D eigenvalue weighted by molar-refractivity contribution is 7.26. The van der Waals surface area contributed by atoms with E-state index in [0.29, 0.717) is 0 Å². The molecular formula is C30H19NS. The summed E-state index contributed by atoms with van der Waals surface area (Å²) in [5.74, 6) is 0. The third kappa shape index (κ3) is 2.57. The van der Waals surface area contributed by atoms with Crippen LogP contribution < -0.4 is 0 Å². The zero-order valence-corrected chi connectivity index (χ0v) is 18.1. The maximum Gasteiger partial charge on any atom is 0.0545 e. The van der Waals surface area contributed by atoms with E-state index >= 15 is 0 Å². The largest absolute Gasteiger partial charge is 0.354 e. The van der Waals surface area contributed by atoms with Crippen molar-refractivity contribution in [3.05, 3.63) is 109 Å². The molecule has 0 spiro atoms. The van der Waals surface area contributed by atoms with Crippen LogP contribution in [0.3, 0.4) is 0 Å². The Morgan fingerprint density at radius 1 is 0.500 bits per heavy atom. The van der Waals surface area contributed by atoms with Crippen LogP contribution >= 0.6 is 11.3 Å². The molecule has 0 aliphatic rings. The van der Waals surface area contributed by atoms with E-state index < -0.39 is 0 Å². The van der Waals surface area contributed by atoms with Gasteiger partial charge in [-0.25, -0.2) is 0 Å². The molecule has 0 aliphatic heterocycles. The van der Waals surface area contributed by atoms with Gasteiger partial charge in [0.05, 0.1) is 5.52 Å². The third-order valence-corrected chi connectivity index (χ3v) is 7.66. The number of fused-ring (bicyclic) bond motifs is 6. The van der Waals surface area contributed by atoms with Crippen LogP contribution in [0, 0.1) is 0 Å². The Morgan fingerprint density at radius 3 is 2.16 bits per heavy atom. The summed E-state index contributed by atoms with van der Waals surface area (Å²) in [5, 5.41) is 5.22. The average Bonchev–Trinajstić information content (AvgIpc) is 3.42. The highest BCUT2D eigenvalue weighted by Gasteiger charge is 2.15. The molecule has 7 rings (SSSR count). The minimum Gasteiger partial charge on any atom is -0.354 e. The summed E-state index contributed by atoms with van der Waals surface area (Å²) in [4.78, 5) is 3.68. The normalized spacial score (nSPS) is 11.8. The topological polar surface area (TPSA) is 15.8 Å². The maximum absolute atomic E-state index is 3.68. The Morgan fingerprint density at radius 2 is 1.25 bits per heavy atom. The fraction of sp³-hybridized carbons (Fsp3) is 0. The van der Waals surface area contributed by atoms with Crippen molar-refractivity contribution in [2.45, 2.75) is 0 Å². The molecule has 150 valence electrons. The molecule has 0 bridgehead atoms. The smallest absolute Gasteiger partial charge is 0.0545 e. The maximum atomic E-state index is 3.68. The van der Waals surface area contributed by atoms with Gasteiger partial charge in [-0.3, -0.25) is 0 Å². The highest BCUT2D eigenvalue weighted by atomic mass is 32.1. The quantitative estimate of drug-likeness (QED) is 0.284. The molecule has 2 aromatic heterocycles. The zero-order valence-electron chi connectivity index (χ0n) is 17.3. The molecule has 2 heteroatoms. The van der Waals surface area contributed by atoms with Gasteiger partial charge in [-0.2, -0.15) is 0 Å². The summed E-state index contributed by atoms with van der Waals surface area (Å²) < 4.78 is 2.68. The molecular weight excluding hydrogens is 406 g/mol. The number of hydrogen-bond donors (Lipinski definition) is 1. The number of nitrogens with one attached hydrogen (secondary N) is 1. The molecule has 32 heavy (non-hydrogen) atoms. The first kappa shape index (κ1) is 17.8. The van der Waals surface area contributed by atoms with Crippen molar-refractivity contribution < 1.29 is 0 Å². The Kier molecular flexibility index (Phi) is 3.78. The number of benzene rings is 5. The Bertz CT molecular complexity index is 1770. The van der Waals surface area contributed by atoms with Crippen molar-refractivity contribution in [2.75, 3.05) is 0 Å². The van der Waals surface area contributed by atoms with E-state index in [0.717, 1.165) is 0 Å². The van der Waals surface area contributed by atoms with E-state index in [1.54, 1.807) is 0 Å². The van der Waals surface area contributed by atoms with Crippen LogP contribution in [0.25, 0.3) is 64.2 Å². The first-order valence-electron chi connectivity index (χ1n) is 10.9. The van der Waals surface area contributed by atoms with Crippen LogP contribution in [-0.2, 0) is 0 Å². The third-order valence-electron chi connectivity index (χ3n) is 6.44. The number of rotatable bonds is 2. The minimum absolute atomic E-state index is 1.19. The Labute approximate surface area is 189 Å². The number of H-pyrrole nitrogens is 1. The number of hydrogen-bond acceptors (Lipinski definition) is 1. The standard InChI is InChI=1S/C30H19NS/c1-2-8-19(9-3-1)20-16-17-28-26(18-20)25-14-7-13-24(30(25)32-28)23-12-6-11-22-21-10-4-5-15-27(21)31-29(22)23/h1-18,31H. The number of aromatic amines is 1. The van der Waals surface area contributed by atoms with Gasteiger partial charge >= 0.3 is 0 Å². The van der Waals surface area contributed by atoms with Crippen LogP contribution in [0.2, 0.25) is 0 Å². The predicted octanol–water partition coefficient (Wildman–Crippen LogP) is 9.02. The summed E-state index contributed by atoms with van der Waals surface area (Å²) in [5.41, 5.74) is 7.48. The minimum atomic E-state index is 1.19. The fourth-order valence-corrected chi connectivity index (χ4v) is 6.13. The number of para-hydroxylation sites is 2. The van der Waals surface area contributed by atoms with Gasteiger partial charge in [-0.15, -0.1) is 11.3 Å². The molecule has 0 saturated carbocycles. The fourth-order valence-electron chi connectivity index (χ4n) is 4.92. The van der Waals surface area contributed by atoms with Crippen LogP contribution in [0.4, 0.5) is 0 Å². The first-order valence-corrected chi connectivity index (χ1v) is 11.7. The van der Waals surface area contributed by atoms with Gasteiger partial charge in [0.15, 0.2) is 0 Å². The Hall–Kier alpha value is -3.88. The van der Waals surface area contributed by atoms with Gasteiger partial charge in [0, 0.05) is 47.6 Å². The van der Waals surface area contributed by atoms with E-state index in [2.05, 4.69) is 114 Å². The summed E-state index contributed by atoms with van der Waals surface area (Å²) in [7, 11) is 0. The summed E-state index contributed by atoms with van der Waals surface area (Å²) in [6.45, 7) is 0. The van der Waals surface area contributed by atoms with Gasteiger partial charge in [0.2, 0.25) is 0 Å². The summed E-state index contributed by atoms with van der Waals surface area (Å²) in [6.07, 6.45) is 0. The van der Waals surface area contributed by atoms with Gasteiger partial charge in [0.1, 0.15) is 0 Å². The predicted molar refractivity (Wildman–Crippen MR) is 140 cm³/mol. The van der Waals surface area contributed by atoms with Crippen molar-refractivity contribution in [1.29, 1.82) is 0 Å². The molecule has 0 unspecified atom stereocenters. The molecule has 2 heterocycles. The molecule has 0 saturated heterocycles. The molecule has 5 aromatic carbocycles. The van der Waals surface area contributed by atoms with Gasteiger partial charge in [0.25, 0.3) is 0 Å². The van der Waals surface area contributed by atoms with Crippen molar-refractivity contribution in [3.8, 4) is 22.3 Å². The summed E-state index contributed by atoms with van der Waals surface area (Å²) >= 11 is 1.89. The van der Waals surface area contributed by atoms with E-state index in [1.165, 1.54) is 64.2 Å². The second kappa shape index (κ2) is 6.81. The lowest BCUT2D eigenvalue weighted by atomic mass is 9.99. The van der Waals surface area contributed by atoms with Gasteiger partial charge in [-0.1, -0.05) is 91.0 Å². The molecule has 0 amide bonds.